The van der Waals surface area contributed by atoms with E-state index in [4.69, 9.17) is 4.98 Å². The quantitative estimate of drug-likeness (QED) is 0.537. The molecule has 0 unspecified atom stereocenters. The van der Waals surface area contributed by atoms with Gasteiger partial charge in [0.05, 0.1) is 16.7 Å². The predicted octanol–water partition coefficient (Wildman–Crippen LogP) is 4.60. The van der Waals surface area contributed by atoms with Gasteiger partial charge in [0, 0.05) is 6.42 Å². The van der Waals surface area contributed by atoms with Crippen LogP contribution >= 0.6 is 0 Å². The number of para-hydroxylation sites is 3. The largest absolute Gasteiger partial charge is 0.322 e. The Morgan fingerprint density at radius 1 is 0.893 bits per heavy atom. The fourth-order valence-electron chi connectivity index (χ4n) is 3.29. The summed E-state index contributed by atoms with van der Waals surface area (Å²) >= 11 is 0. The molecule has 3 aromatic carbocycles. The minimum Gasteiger partial charge on any atom is -0.322 e. The van der Waals surface area contributed by atoms with Crippen molar-refractivity contribution in [1.82, 2.24) is 9.55 Å². The van der Waals surface area contributed by atoms with Crippen molar-refractivity contribution in [3.05, 3.63) is 96.1 Å². The third-order valence-corrected chi connectivity index (χ3v) is 4.66. The second-order valence-corrected chi connectivity index (χ2v) is 6.62. The molecule has 0 bridgehead atoms. The number of carbonyl (C=O) groups excluding carboxylic acids is 1. The molecule has 0 radical (unpaired) electrons. The van der Waals surface area contributed by atoms with Crippen LogP contribution in [0.3, 0.4) is 0 Å². The van der Waals surface area contributed by atoms with Crippen molar-refractivity contribution >= 4 is 22.6 Å². The average Bonchev–Trinajstić information content (AvgIpc) is 3.06. The summed E-state index contributed by atoms with van der Waals surface area (Å²) in [6.07, 6.45) is 1.55. The molecule has 0 saturated carbocycles. The van der Waals surface area contributed by atoms with Crippen LogP contribution in [0.1, 0.15) is 11.4 Å². The molecule has 4 rings (SSSR count). The van der Waals surface area contributed by atoms with Gasteiger partial charge in [-0.2, -0.15) is 0 Å². The van der Waals surface area contributed by atoms with Crippen molar-refractivity contribution in [3.63, 3.8) is 0 Å². The van der Waals surface area contributed by atoms with Gasteiger partial charge in [-0.1, -0.05) is 54.6 Å². The first-order valence-electron chi connectivity index (χ1n) is 9.23. The van der Waals surface area contributed by atoms with Crippen LogP contribution in [-0.4, -0.2) is 15.5 Å². The molecule has 1 N–H and O–H groups in total. The lowest BCUT2D eigenvalue weighted by atomic mass is 10.1. The number of amides is 1. The topological polar surface area (TPSA) is 46.9 Å². The number of hydrogen-bond acceptors (Lipinski definition) is 2. The number of nitrogens with zero attached hydrogens (tertiary/aromatic N) is 2. The lowest BCUT2D eigenvalue weighted by Gasteiger charge is -2.11. The first kappa shape index (κ1) is 17.9. The second kappa shape index (κ2) is 8.05. The molecule has 0 aliphatic carbocycles. The van der Waals surface area contributed by atoms with Crippen LogP contribution in [0.4, 0.5) is 10.1 Å². The third-order valence-electron chi connectivity index (χ3n) is 4.66. The van der Waals surface area contributed by atoms with E-state index in [1.54, 1.807) is 18.2 Å². The predicted molar refractivity (Wildman–Crippen MR) is 109 cm³/mol. The first-order chi connectivity index (χ1) is 13.7. The van der Waals surface area contributed by atoms with E-state index in [2.05, 4.69) is 17.4 Å². The van der Waals surface area contributed by atoms with Crippen molar-refractivity contribution in [2.24, 2.45) is 0 Å². The molecule has 1 aromatic heterocycles. The molecule has 0 aliphatic rings. The van der Waals surface area contributed by atoms with Crippen LogP contribution in [0.15, 0.2) is 78.9 Å². The van der Waals surface area contributed by atoms with Gasteiger partial charge in [-0.3, -0.25) is 4.79 Å². The Balaban J connectivity index is 1.58. The second-order valence-electron chi connectivity index (χ2n) is 6.62. The Labute approximate surface area is 162 Å². The van der Waals surface area contributed by atoms with Crippen molar-refractivity contribution in [1.29, 1.82) is 0 Å². The van der Waals surface area contributed by atoms with E-state index in [-0.39, 0.29) is 18.1 Å². The van der Waals surface area contributed by atoms with Crippen LogP contribution < -0.4 is 5.32 Å². The number of nitrogens with one attached hydrogen (secondary N) is 1. The lowest BCUT2D eigenvalue weighted by Crippen LogP contribution is -2.21. The van der Waals surface area contributed by atoms with Crippen LogP contribution in [0.5, 0.6) is 0 Å². The van der Waals surface area contributed by atoms with E-state index in [1.165, 1.54) is 11.6 Å². The standard InChI is InChI=1S/C23H20FN3O/c24-18-10-4-5-11-19(18)26-23(28)16-27-21-13-7-6-12-20(21)25-22(27)15-14-17-8-2-1-3-9-17/h1-13H,14-16H2,(H,26,28). The van der Waals surface area contributed by atoms with E-state index in [0.29, 0.717) is 6.42 Å². The van der Waals surface area contributed by atoms with Crippen LogP contribution in [0.2, 0.25) is 0 Å². The number of carbonyl (C=O) groups is 1. The molecule has 28 heavy (non-hydrogen) atoms. The summed E-state index contributed by atoms with van der Waals surface area (Å²) in [4.78, 5) is 17.3. The summed E-state index contributed by atoms with van der Waals surface area (Å²) in [5.74, 6) is 0.110. The number of aromatic nitrogens is 2. The zero-order valence-corrected chi connectivity index (χ0v) is 15.3. The summed E-state index contributed by atoms with van der Waals surface area (Å²) in [7, 11) is 0. The lowest BCUT2D eigenvalue weighted by molar-refractivity contribution is -0.116. The Morgan fingerprint density at radius 2 is 1.61 bits per heavy atom. The molecular weight excluding hydrogens is 353 g/mol. The van der Waals surface area contributed by atoms with Crippen LogP contribution in [-0.2, 0) is 24.2 Å². The molecule has 4 aromatic rings. The Kier molecular flexibility index (Phi) is 5.15. The maximum atomic E-state index is 13.8. The maximum Gasteiger partial charge on any atom is 0.244 e. The fraction of sp³-hybridized carbons (Fsp3) is 0.130. The van der Waals surface area contributed by atoms with E-state index < -0.39 is 5.82 Å². The van der Waals surface area contributed by atoms with Crippen molar-refractivity contribution < 1.29 is 9.18 Å². The molecule has 140 valence electrons. The average molecular weight is 373 g/mol. The number of rotatable bonds is 6. The van der Waals surface area contributed by atoms with Gasteiger partial charge in [0.1, 0.15) is 18.2 Å². The minimum atomic E-state index is -0.448. The normalized spacial score (nSPS) is 10.9. The van der Waals surface area contributed by atoms with E-state index >= 15 is 0 Å². The van der Waals surface area contributed by atoms with Gasteiger partial charge in [-0.05, 0) is 36.2 Å². The molecule has 5 heteroatoms. The zero-order chi connectivity index (χ0) is 19.3. The van der Waals surface area contributed by atoms with Gasteiger partial charge < -0.3 is 9.88 Å². The van der Waals surface area contributed by atoms with Gasteiger partial charge in [-0.25, -0.2) is 9.37 Å². The molecule has 0 fully saturated rings. The Hall–Kier alpha value is -3.47. The first-order valence-corrected chi connectivity index (χ1v) is 9.23. The van der Waals surface area contributed by atoms with Crippen LogP contribution in [0, 0.1) is 5.82 Å². The summed E-state index contributed by atoms with van der Waals surface area (Å²) < 4.78 is 15.7. The molecule has 0 atom stereocenters. The monoisotopic (exact) mass is 373 g/mol. The van der Waals surface area contributed by atoms with Gasteiger partial charge in [0.2, 0.25) is 5.91 Å². The summed E-state index contributed by atoms with van der Waals surface area (Å²) in [5, 5.41) is 2.65. The number of benzene rings is 3. The van der Waals surface area contributed by atoms with E-state index in [9.17, 15) is 9.18 Å². The minimum absolute atomic E-state index is 0.0823. The van der Waals surface area contributed by atoms with Crippen molar-refractivity contribution in [2.45, 2.75) is 19.4 Å². The van der Waals surface area contributed by atoms with Gasteiger partial charge in [0.25, 0.3) is 0 Å². The number of aryl methyl sites for hydroxylation is 2. The third kappa shape index (κ3) is 3.93. The van der Waals surface area contributed by atoms with Gasteiger partial charge in [0.15, 0.2) is 0 Å². The SMILES string of the molecule is O=C(Cn1c(CCc2ccccc2)nc2ccccc21)Nc1ccccc1F. The molecule has 0 spiro atoms. The molecule has 4 nitrogen and oxygen atoms in total. The van der Waals surface area contributed by atoms with Crippen LogP contribution in [0.25, 0.3) is 11.0 Å². The number of halogens is 1. The molecule has 0 aliphatic heterocycles. The highest BCUT2D eigenvalue weighted by Crippen LogP contribution is 2.19. The number of anilines is 1. The zero-order valence-electron chi connectivity index (χ0n) is 15.3. The van der Waals surface area contributed by atoms with Crippen molar-refractivity contribution in [3.8, 4) is 0 Å². The molecule has 1 amide bonds. The van der Waals surface area contributed by atoms with Gasteiger partial charge >= 0.3 is 0 Å². The Bertz CT molecular complexity index is 1110. The summed E-state index contributed by atoms with van der Waals surface area (Å²) in [6, 6.07) is 24.1. The van der Waals surface area contributed by atoms with Crippen molar-refractivity contribution in [2.75, 3.05) is 5.32 Å². The summed E-state index contributed by atoms with van der Waals surface area (Å²) in [5.41, 5.74) is 3.15. The molecule has 1 heterocycles. The molecular formula is C23H20FN3O. The summed E-state index contributed by atoms with van der Waals surface area (Å²) in [6.45, 7) is 0.0823. The van der Waals surface area contributed by atoms with Gasteiger partial charge in [-0.15, -0.1) is 0 Å². The van der Waals surface area contributed by atoms with E-state index in [0.717, 1.165) is 23.3 Å². The Morgan fingerprint density at radius 3 is 2.43 bits per heavy atom. The highest BCUT2D eigenvalue weighted by atomic mass is 19.1. The number of hydrogen-bond donors (Lipinski definition) is 1. The van der Waals surface area contributed by atoms with E-state index in [1.807, 2.05) is 47.0 Å². The highest BCUT2D eigenvalue weighted by Gasteiger charge is 2.14. The highest BCUT2D eigenvalue weighted by molar-refractivity contribution is 5.91. The molecule has 0 saturated heterocycles. The number of imidazole rings is 1. The fourth-order valence-corrected chi connectivity index (χ4v) is 3.29. The number of fused-ring (bicyclic) bond motifs is 1. The smallest absolute Gasteiger partial charge is 0.244 e. The maximum absolute atomic E-state index is 13.8.